The van der Waals surface area contributed by atoms with Gasteiger partial charge in [-0.1, -0.05) is 19.9 Å². The highest BCUT2D eigenvalue weighted by Crippen LogP contribution is 2.47. The number of amides is 2. The van der Waals surface area contributed by atoms with E-state index in [1.165, 1.54) is 11.8 Å². The Labute approximate surface area is 187 Å². The first kappa shape index (κ1) is 20.5. The van der Waals surface area contributed by atoms with Gasteiger partial charge in [0.2, 0.25) is 5.91 Å². The Morgan fingerprint density at radius 2 is 2.06 bits per heavy atom. The van der Waals surface area contributed by atoms with Gasteiger partial charge in [-0.05, 0) is 37.0 Å². The molecule has 3 aromatic rings. The molecule has 1 atom stereocenters. The zero-order chi connectivity index (χ0) is 22.7. The molecule has 0 spiro atoms. The molecule has 2 aliphatic heterocycles. The summed E-state index contributed by atoms with van der Waals surface area (Å²) in [6, 6.07) is 6.26. The van der Waals surface area contributed by atoms with Crippen molar-refractivity contribution in [3.63, 3.8) is 0 Å². The number of anilines is 1. The predicted molar refractivity (Wildman–Crippen MR) is 124 cm³/mol. The second-order valence-corrected chi connectivity index (χ2v) is 9.33. The van der Waals surface area contributed by atoms with Crippen molar-refractivity contribution in [2.75, 3.05) is 11.9 Å². The molecule has 0 saturated carbocycles. The van der Waals surface area contributed by atoms with Gasteiger partial charge in [0.15, 0.2) is 0 Å². The van der Waals surface area contributed by atoms with Gasteiger partial charge in [-0.3, -0.25) is 19.2 Å². The first-order valence-electron chi connectivity index (χ1n) is 11.2. The molecule has 1 unspecified atom stereocenters. The van der Waals surface area contributed by atoms with E-state index in [9.17, 15) is 9.59 Å². The van der Waals surface area contributed by atoms with E-state index in [0.29, 0.717) is 11.5 Å². The summed E-state index contributed by atoms with van der Waals surface area (Å²) in [6.07, 6.45) is 5.14. The van der Waals surface area contributed by atoms with E-state index < -0.39 is 0 Å². The van der Waals surface area contributed by atoms with Crippen LogP contribution in [0.1, 0.15) is 49.9 Å². The Morgan fingerprint density at radius 3 is 2.72 bits per heavy atom. The molecule has 7 heteroatoms. The molecule has 1 N–H and O–H groups in total. The molecule has 4 heterocycles. The molecule has 2 aliphatic rings. The number of benzene rings is 1. The molecule has 0 bridgehead atoms. The van der Waals surface area contributed by atoms with Gasteiger partial charge in [-0.25, -0.2) is 0 Å². The average Bonchev–Trinajstić information content (AvgIpc) is 3.35. The van der Waals surface area contributed by atoms with Crippen LogP contribution in [-0.2, 0) is 23.2 Å². The lowest BCUT2D eigenvalue weighted by atomic mass is 9.84. The summed E-state index contributed by atoms with van der Waals surface area (Å²) in [4.78, 5) is 27.1. The fraction of sp³-hybridized carbons (Fsp3) is 0.400. The van der Waals surface area contributed by atoms with Gasteiger partial charge in [-0.15, -0.1) is 0 Å². The van der Waals surface area contributed by atoms with Gasteiger partial charge >= 0.3 is 0 Å². The number of imide groups is 1. The van der Waals surface area contributed by atoms with E-state index in [1.54, 1.807) is 0 Å². The number of rotatable bonds is 4. The number of nitrogens with zero attached hydrogens (tertiary/aromatic N) is 4. The van der Waals surface area contributed by atoms with Gasteiger partial charge in [0.05, 0.1) is 23.8 Å². The second kappa shape index (κ2) is 7.36. The van der Waals surface area contributed by atoms with Crippen LogP contribution in [-0.4, -0.2) is 37.6 Å². The Bertz CT molecular complexity index is 1290. The first-order valence-corrected chi connectivity index (χ1v) is 11.2. The normalized spacial score (nSPS) is 17.9. The maximum atomic E-state index is 13.5. The number of aromatic nitrogens is 3. The minimum atomic E-state index is -0.283. The van der Waals surface area contributed by atoms with E-state index in [4.69, 9.17) is 0 Å². The Morgan fingerprint density at radius 1 is 1.28 bits per heavy atom. The van der Waals surface area contributed by atoms with E-state index >= 15 is 0 Å². The van der Waals surface area contributed by atoms with Gasteiger partial charge < -0.3 is 9.88 Å². The third-order valence-corrected chi connectivity index (χ3v) is 6.85. The van der Waals surface area contributed by atoms with Gasteiger partial charge in [-0.2, -0.15) is 5.10 Å². The van der Waals surface area contributed by atoms with Crippen molar-refractivity contribution < 1.29 is 9.59 Å². The first-order chi connectivity index (χ1) is 15.3. The van der Waals surface area contributed by atoms with Crippen molar-refractivity contribution in [2.45, 2.75) is 46.6 Å². The van der Waals surface area contributed by atoms with Gasteiger partial charge in [0, 0.05) is 60.7 Å². The Kier molecular flexibility index (Phi) is 4.73. The van der Waals surface area contributed by atoms with Crippen LogP contribution in [0.3, 0.4) is 0 Å². The zero-order valence-corrected chi connectivity index (χ0v) is 19.3. The molecular weight excluding hydrogens is 402 g/mol. The fourth-order valence-electron chi connectivity index (χ4n) is 4.98. The summed E-state index contributed by atoms with van der Waals surface area (Å²) in [5.41, 5.74) is 6.70. The van der Waals surface area contributed by atoms with Crippen LogP contribution in [0.15, 0.2) is 41.9 Å². The van der Waals surface area contributed by atoms with Gasteiger partial charge in [0.25, 0.3) is 5.91 Å². The quantitative estimate of drug-likeness (QED) is 0.679. The summed E-state index contributed by atoms with van der Waals surface area (Å²) in [7, 11) is 1.92. The van der Waals surface area contributed by atoms with Crippen molar-refractivity contribution >= 4 is 28.4 Å². The Hall–Kier alpha value is -3.35. The SMILES string of the molecule is CC(=O)N1CC2=C(C1=O)C(c1cnn(C)c1C)c1cn(CCC(C)C)c3cccc(c13)N2. The van der Waals surface area contributed by atoms with Crippen LogP contribution in [0.5, 0.6) is 0 Å². The molecule has 166 valence electrons. The maximum Gasteiger partial charge on any atom is 0.259 e. The zero-order valence-electron chi connectivity index (χ0n) is 19.3. The molecule has 1 aromatic carbocycles. The molecule has 2 amide bonds. The van der Waals surface area contributed by atoms with Crippen LogP contribution >= 0.6 is 0 Å². The van der Waals surface area contributed by atoms with E-state index in [-0.39, 0.29) is 24.3 Å². The standard InChI is InChI=1S/C25H29N5O2/c1-14(2)9-10-29-12-18-22(17-11-26-28(5)15(17)3)24-20(13-30(16(4)31)25(24)32)27-19-7-6-8-21(29)23(18)19/h6-8,11-12,14,22,27H,9-10,13H2,1-5H3. The van der Waals surface area contributed by atoms with E-state index in [0.717, 1.165) is 52.1 Å². The van der Waals surface area contributed by atoms with Crippen LogP contribution in [0.4, 0.5) is 5.69 Å². The monoisotopic (exact) mass is 431 g/mol. The second-order valence-electron chi connectivity index (χ2n) is 9.33. The molecular formula is C25H29N5O2. The maximum absolute atomic E-state index is 13.5. The molecule has 0 fully saturated rings. The van der Waals surface area contributed by atoms with Crippen molar-refractivity contribution in [1.82, 2.24) is 19.2 Å². The third-order valence-electron chi connectivity index (χ3n) is 6.85. The number of hydrogen-bond acceptors (Lipinski definition) is 4. The number of aryl methyl sites for hydroxylation is 2. The largest absolute Gasteiger partial charge is 0.356 e. The number of hydrogen-bond donors (Lipinski definition) is 1. The number of carbonyl (C=O) groups is 2. The van der Waals surface area contributed by atoms with Crippen LogP contribution < -0.4 is 5.32 Å². The molecule has 7 nitrogen and oxygen atoms in total. The summed E-state index contributed by atoms with van der Waals surface area (Å²) >= 11 is 0. The lowest BCUT2D eigenvalue weighted by Crippen LogP contribution is -2.33. The fourth-order valence-corrected chi connectivity index (χ4v) is 4.98. The highest BCUT2D eigenvalue weighted by molar-refractivity contribution is 6.11. The van der Waals surface area contributed by atoms with E-state index in [2.05, 4.69) is 53.2 Å². The van der Waals surface area contributed by atoms with Crippen molar-refractivity contribution in [3.05, 3.63) is 58.7 Å². The smallest absolute Gasteiger partial charge is 0.259 e. The lowest BCUT2D eigenvalue weighted by molar-refractivity contribution is -0.139. The molecule has 0 saturated heterocycles. The topological polar surface area (TPSA) is 72.2 Å². The lowest BCUT2D eigenvalue weighted by Gasteiger charge is -2.19. The average molecular weight is 432 g/mol. The third kappa shape index (κ3) is 2.98. The summed E-state index contributed by atoms with van der Waals surface area (Å²) in [5, 5.41) is 9.15. The molecule has 2 aromatic heterocycles. The van der Waals surface area contributed by atoms with Crippen LogP contribution in [0.2, 0.25) is 0 Å². The minimum Gasteiger partial charge on any atom is -0.356 e. The number of nitrogens with one attached hydrogen (secondary N) is 1. The summed E-state index contributed by atoms with van der Waals surface area (Å²) in [5.74, 6) is -0.144. The molecule has 0 aliphatic carbocycles. The molecule has 0 radical (unpaired) electrons. The van der Waals surface area contributed by atoms with Crippen molar-refractivity contribution in [3.8, 4) is 0 Å². The molecule has 32 heavy (non-hydrogen) atoms. The van der Waals surface area contributed by atoms with E-state index in [1.807, 2.05) is 24.9 Å². The summed E-state index contributed by atoms with van der Waals surface area (Å²) < 4.78 is 4.15. The van der Waals surface area contributed by atoms with Crippen LogP contribution in [0, 0.1) is 12.8 Å². The predicted octanol–water partition coefficient (Wildman–Crippen LogP) is 3.93. The highest BCUT2D eigenvalue weighted by Gasteiger charge is 2.42. The molecule has 5 rings (SSSR count). The minimum absolute atomic E-state index is 0.218. The van der Waals surface area contributed by atoms with Crippen molar-refractivity contribution in [2.24, 2.45) is 13.0 Å². The highest BCUT2D eigenvalue weighted by atomic mass is 16.2. The number of carbonyl (C=O) groups excluding carboxylic acids is 2. The van der Waals surface area contributed by atoms with Crippen LogP contribution in [0.25, 0.3) is 10.9 Å². The Balaban J connectivity index is 1.77. The van der Waals surface area contributed by atoms with Crippen molar-refractivity contribution in [1.29, 1.82) is 0 Å². The summed E-state index contributed by atoms with van der Waals surface area (Å²) in [6.45, 7) is 9.12. The van der Waals surface area contributed by atoms with Gasteiger partial charge in [0.1, 0.15) is 0 Å².